The fourth-order valence-corrected chi connectivity index (χ4v) is 9.83. The molecule has 0 aliphatic carbocycles. The van der Waals surface area contributed by atoms with Crippen LogP contribution in [0.4, 0.5) is 28.9 Å². The summed E-state index contributed by atoms with van der Waals surface area (Å²) in [4.78, 5) is 41.7. The molecule has 1 aromatic heterocycles. The van der Waals surface area contributed by atoms with E-state index < -0.39 is 72.0 Å². The Kier molecular flexibility index (Phi) is 16.4. The Morgan fingerprint density at radius 1 is 0.850 bits per heavy atom. The fourth-order valence-electron chi connectivity index (χ4n) is 5.94. The molecule has 0 bridgehead atoms. The summed E-state index contributed by atoms with van der Waals surface area (Å²) in [6.45, 7) is 17.5. The Labute approximate surface area is 357 Å². The van der Waals surface area contributed by atoms with Gasteiger partial charge < -0.3 is 33.0 Å². The SMILES string of the molecule is CC[Si](CC)(CC)O[C@@H](CN(CCOc1ccc2c(OC(F)F)nn(C(=O)OC(C)(C)C)c2c1)C(=O)OC(C)(C)C)c1ccc(Cl)c(N(C(=O)OC(C)(C)C)S(C)(=O)=O)c1. The summed E-state index contributed by atoms with van der Waals surface area (Å²) in [7, 11) is -6.74. The van der Waals surface area contributed by atoms with Crippen molar-refractivity contribution in [3.8, 4) is 11.6 Å². The van der Waals surface area contributed by atoms with Crippen LogP contribution in [-0.4, -0.2) is 99.1 Å². The second kappa shape index (κ2) is 19.7. The van der Waals surface area contributed by atoms with Crippen LogP contribution in [0.2, 0.25) is 23.2 Å². The van der Waals surface area contributed by atoms with Crippen LogP contribution in [0.3, 0.4) is 0 Å². The van der Waals surface area contributed by atoms with Crippen LogP contribution in [-0.2, 0) is 28.7 Å². The van der Waals surface area contributed by atoms with Crippen molar-refractivity contribution in [2.45, 2.75) is 131 Å². The average Bonchev–Trinajstić information content (AvgIpc) is 3.44. The molecule has 3 aromatic rings. The monoisotopic (exact) mass is 904 g/mol. The molecule has 1 atom stereocenters. The number of hydrogen-bond acceptors (Lipinski definition) is 12. The maximum Gasteiger partial charge on any atom is 0.435 e. The van der Waals surface area contributed by atoms with Gasteiger partial charge in [-0.05, 0) is 110 Å². The quantitative estimate of drug-likeness (QED) is 0.0988. The minimum atomic E-state index is -4.26. The third-order valence-electron chi connectivity index (χ3n) is 8.83. The largest absolute Gasteiger partial charge is 0.492 e. The number of nitrogens with zero attached hydrogens (tertiary/aromatic N) is 4. The first-order valence-electron chi connectivity index (χ1n) is 19.5. The highest BCUT2D eigenvalue weighted by atomic mass is 35.5. The first kappa shape index (κ1) is 50.2. The van der Waals surface area contributed by atoms with Crippen molar-refractivity contribution in [3.63, 3.8) is 0 Å². The van der Waals surface area contributed by atoms with E-state index >= 15 is 0 Å². The summed E-state index contributed by atoms with van der Waals surface area (Å²) in [5.74, 6) is -0.283. The van der Waals surface area contributed by atoms with Crippen molar-refractivity contribution in [1.29, 1.82) is 0 Å². The zero-order valence-corrected chi connectivity index (χ0v) is 39.3. The Hall–Kier alpha value is -4.20. The van der Waals surface area contributed by atoms with Gasteiger partial charge in [-0.3, -0.25) is 0 Å². The van der Waals surface area contributed by atoms with Crippen molar-refractivity contribution in [2.75, 3.05) is 30.3 Å². The number of anilines is 1. The van der Waals surface area contributed by atoms with Crippen molar-refractivity contribution in [1.82, 2.24) is 14.7 Å². The first-order valence-corrected chi connectivity index (χ1v) is 24.3. The number of halogens is 3. The van der Waals surface area contributed by atoms with E-state index in [1.54, 1.807) is 68.4 Å². The number of fused-ring (bicyclic) bond motifs is 1. The number of rotatable bonds is 16. The van der Waals surface area contributed by atoms with Gasteiger partial charge in [0.2, 0.25) is 15.9 Å². The van der Waals surface area contributed by atoms with Crippen molar-refractivity contribution in [2.24, 2.45) is 0 Å². The molecule has 15 nitrogen and oxygen atoms in total. The lowest BCUT2D eigenvalue weighted by atomic mass is 10.1. The van der Waals surface area contributed by atoms with E-state index in [0.717, 1.165) is 29.1 Å². The van der Waals surface area contributed by atoms with Crippen LogP contribution in [0, 0.1) is 0 Å². The lowest BCUT2D eigenvalue weighted by Gasteiger charge is -2.37. The number of alkyl halides is 2. The standard InChI is InChI=1S/C40H59ClF2N4O11SSi/c1-14-60(15-2,16-3)58-32(26-17-20-29(41)31(23-26)47(59(13,51)52)37(50)57-40(10,11)12)25-45(35(48)55-38(4,5)6)21-22-53-27-18-19-28-30(24-27)46(36(49)56-39(7,8)9)44-33(28)54-34(42)43/h17-20,23-24,32,34H,14-16,21-22,25H2,1-13H3/t32-/m0/s1. The molecular weight excluding hydrogens is 846 g/mol. The van der Waals surface area contributed by atoms with Gasteiger partial charge in [-0.25, -0.2) is 22.8 Å². The molecule has 1 heterocycles. The van der Waals surface area contributed by atoms with Crippen molar-refractivity contribution < 1.29 is 59.7 Å². The molecule has 0 radical (unpaired) electrons. The van der Waals surface area contributed by atoms with Crippen LogP contribution in [0.15, 0.2) is 36.4 Å². The topological polar surface area (TPSA) is 165 Å². The molecule has 0 spiro atoms. The van der Waals surface area contributed by atoms with E-state index in [1.807, 2.05) is 20.8 Å². The van der Waals surface area contributed by atoms with Crippen LogP contribution >= 0.6 is 11.6 Å². The normalized spacial score (nSPS) is 13.2. The van der Waals surface area contributed by atoms with Crippen molar-refractivity contribution in [3.05, 3.63) is 47.0 Å². The molecule has 2 aromatic carbocycles. The van der Waals surface area contributed by atoms with Gasteiger partial charge in [-0.2, -0.15) is 17.8 Å². The maximum atomic E-state index is 13.9. The number of carbonyl (C=O) groups is 3. The number of ether oxygens (including phenoxy) is 5. The third-order valence-corrected chi connectivity index (χ3v) is 14.8. The Balaban J connectivity index is 2.10. The van der Waals surface area contributed by atoms with Crippen LogP contribution in [0.5, 0.6) is 11.6 Å². The smallest absolute Gasteiger partial charge is 0.435 e. The minimum Gasteiger partial charge on any atom is -0.492 e. The van der Waals surface area contributed by atoms with E-state index in [0.29, 0.717) is 9.87 Å². The van der Waals surface area contributed by atoms with Crippen LogP contribution in [0.25, 0.3) is 10.9 Å². The molecular formula is C40H59ClF2N4O11SSi. The molecule has 3 rings (SSSR count). The Bertz CT molecular complexity index is 2090. The molecule has 2 amide bonds. The van der Waals surface area contributed by atoms with Gasteiger partial charge >= 0.3 is 24.9 Å². The van der Waals surface area contributed by atoms with E-state index in [-0.39, 0.29) is 47.1 Å². The summed E-state index contributed by atoms with van der Waals surface area (Å²) in [5.41, 5.74) is -2.52. The Morgan fingerprint density at radius 2 is 1.42 bits per heavy atom. The van der Waals surface area contributed by atoms with Crippen LogP contribution in [0.1, 0.15) is 94.8 Å². The van der Waals surface area contributed by atoms with Gasteiger partial charge in [-0.15, -0.1) is 5.10 Å². The number of amides is 2. The molecule has 0 unspecified atom stereocenters. The second-order valence-corrected chi connectivity index (χ2v) is 24.1. The van der Waals surface area contributed by atoms with Crippen molar-refractivity contribution >= 4 is 64.8 Å². The van der Waals surface area contributed by atoms with Crippen LogP contribution < -0.4 is 13.8 Å². The summed E-state index contributed by atoms with van der Waals surface area (Å²) in [6.07, 6.45) is -2.80. The predicted molar refractivity (Wildman–Crippen MR) is 227 cm³/mol. The molecule has 20 heteroatoms. The third kappa shape index (κ3) is 14.2. The zero-order valence-electron chi connectivity index (χ0n) is 36.7. The highest BCUT2D eigenvalue weighted by Gasteiger charge is 2.37. The van der Waals surface area contributed by atoms with E-state index in [4.69, 9.17) is 35.0 Å². The first-order chi connectivity index (χ1) is 27.5. The minimum absolute atomic E-state index is 0.0472. The number of aromatic nitrogens is 2. The number of carbonyl (C=O) groups excluding carboxylic acids is 3. The van der Waals surface area contributed by atoms with E-state index in [9.17, 15) is 31.6 Å². The molecule has 0 aliphatic rings. The lowest BCUT2D eigenvalue weighted by molar-refractivity contribution is -0.0523. The van der Waals surface area contributed by atoms with Gasteiger partial charge in [-0.1, -0.05) is 38.4 Å². The van der Waals surface area contributed by atoms with Gasteiger partial charge in [0, 0.05) is 6.07 Å². The van der Waals surface area contributed by atoms with Gasteiger partial charge in [0.05, 0.1) is 47.1 Å². The molecule has 60 heavy (non-hydrogen) atoms. The fraction of sp³-hybridized carbons (Fsp3) is 0.600. The highest BCUT2D eigenvalue weighted by molar-refractivity contribution is 7.92. The number of hydrogen-bond donors (Lipinski definition) is 0. The molecule has 336 valence electrons. The molecule has 0 saturated carbocycles. The van der Waals surface area contributed by atoms with Gasteiger partial charge in [0.15, 0.2) is 8.32 Å². The summed E-state index contributed by atoms with van der Waals surface area (Å²) in [5, 5.41) is 3.98. The number of sulfonamides is 1. The van der Waals surface area contributed by atoms with Gasteiger partial charge in [0.1, 0.15) is 29.2 Å². The highest BCUT2D eigenvalue weighted by Crippen LogP contribution is 2.37. The average molecular weight is 906 g/mol. The molecule has 0 saturated heterocycles. The van der Waals surface area contributed by atoms with E-state index in [1.165, 1.54) is 35.2 Å². The van der Waals surface area contributed by atoms with Gasteiger partial charge in [0.25, 0.3) is 0 Å². The molecule has 0 fully saturated rings. The summed E-state index contributed by atoms with van der Waals surface area (Å²) in [6, 6.07) is 11.0. The molecule has 0 N–H and O–H groups in total. The lowest BCUT2D eigenvalue weighted by Crippen LogP contribution is -2.45. The predicted octanol–water partition coefficient (Wildman–Crippen LogP) is 10.2. The van der Waals surface area contributed by atoms with E-state index in [2.05, 4.69) is 9.84 Å². The second-order valence-electron chi connectivity index (χ2n) is 17.1. The summed E-state index contributed by atoms with van der Waals surface area (Å²) < 4.78 is 88.4. The maximum absolute atomic E-state index is 13.9. The summed E-state index contributed by atoms with van der Waals surface area (Å²) >= 11 is 6.58. The molecule has 0 aliphatic heterocycles. The Morgan fingerprint density at radius 3 is 1.93 bits per heavy atom. The number of benzene rings is 2. The zero-order chi connectivity index (χ0) is 45.6.